The van der Waals surface area contributed by atoms with E-state index >= 15 is 0 Å². The lowest BCUT2D eigenvalue weighted by molar-refractivity contribution is -0.0810. The molecule has 2 fully saturated rings. The van der Waals surface area contributed by atoms with Crippen LogP contribution < -0.4 is 0 Å². The average molecular weight is 213 g/mol. The molecule has 0 N–H and O–H groups in total. The molecule has 1 amide bonds. The summed E-state index contributed by atoms with van der Waals surface area (Å²) in [5, 5.41) is 0. The van der Waals surface area contributed by atoms with Crippen molar-refractivity contribution in [1.29, 1.82) is 0 Å². The minimum absolute atomic E-state index is 0.169. The van der Waals surface area contributed by atoms with Crippen molar-refractivity contribution in [3.05, 3.63) is 0 Å². The van der Waals surface area contributed by atoms with Crippen LogP contribution in [0.1, 0.15) is 32.6 Å². The number of fused-ring (bicyclic) bond motifs is 1. The number of rotatable bonds is 1. The molecule has 4 heteroatoms. The molecule has 2 aliphatic rings. The van der Waals surface area contributed by atoms with Crippen molar-refractivity contribution >= 4 is 6.09 Å². The summed E-state index contributed by atoms with van der Waals surface area (Å²) in [4.78, 5) is 13.6. The molecular formula is C11H19NO3. The first-order chi connectivity index (χ1) is 7.33. The van der Waals surface area contributed by atoms with Crippen molar-refractivity contribution in [3.63, 3.8) is 0 Å². The molecule has 1 aliphatic heterocycles. The molecule has 1 saturated carbocycles. The third-order valence-corrected chi connectivity index (χ3v) is 3.23. The second kappa shape index (κ2) is 4.84. The Kier molecular flexibility index (Phi) is 3.46. The van der Waals surface area contributed by atoms with Crippen molar-refractivity contribution < 1.29 is 14.3 Å². The summed E-state index contributed by atoms with van der Waals surface area (Å²) in [5.74, 6) is 0. The Morgan fingerprint density at radius 2 is 2.27 bits per heavy atom. The summed E-state index contributed by atoms with van der Waals surface area (Å²) in [7, 11) is 0. The van der Waals surface area contributed by atoms with Gasteiger partial charge < -0.3 is 14.4 Å². The molecular weight excluding hydrogens is 194 g/mol. The second-order valence-electron chi connectivity index (χ2n) is 4.15. The van der Waals surface area contributed by atoms with Gasteiger partial charge in [-0.05, 0) is 19.8 Å². The summed E-state index contributed by atoms with van der Waals surface area (Å²) < 4.78 is 10.8. The molecule has 15 heavy (non-hydrogen) atoms. The molecule has 4 nitrogen and oxygen atoms in total. The quantitative estimate of drug-likeness (QED) is 0.666. The summed E-state index contributed by atoms with van der Waals surface area (Å²) >= 11 is 0. The van der Waals surface area contributed by atoms with E-state index in [9.17, 15) is 4.79 Å². The van der Waals surface area contributed by atoms with Crippen LogP contribution >= 0.6 is 0 Å². The van der Waals surface area contributed by atoms with Crippen LogP contribution in [-0.2, 0) is 9.47 Å². The van der Waals surface area contributed by atoms with Crippen LogP contribution in [0.15, 0.2) is 0 Å². The molecule has 0 aromatic heterocycles. The van der Waals surface area contributed by atoms with E-state index in [4.69, 9.17) is 9.47 Å². The molecule has 0 unspecified atom stereocenters. The van der Waals surface area contributed by atoms with E-state index in [0.29, 0.717) is 19.8 Å². The maximum absolute atomic E-state index is 11.7. The van der Waals surface area contributed by atoms with Crippen molar-refractivity contribution in [3.8, 4) is 0 Å². The zero-order valence-electron chi connectivity index (χ0n) is 9.28. The average Bonchev–Trinajstić information content (AvgIpc) is 2.28. The van der Waals surface area contributed by atoms with Gasteiger partial charge in [-0.1, -0.05) is 12.8 Å². The molecule has 0 spiro atoms. The number of hydrogen-bond acceptors (Lipinski definition) is 3. The van der Waals surface area contributed by atoms with Gasteiger partial charge in [-0.25, -0.2) is 4.79 Å². The van der Waals surface area contributed by atoms with Crippen molar-refractivity contribution in [1.82, 2.24) is 4.90 Å². The van der Waals surface area contributed by atoms with Crippen LogP contribution in [0.4, 0.5) is 4.79 Å². The second-order valence-corrected chi connectivity index (χ2v) is 4.15. The van der Waals surface area contributed by atoms with E-state index in [1.807, 2.05) is 11.8 Å². The van der Waals surface area contributed by atoms with Gasteiger partial charge in [0.15, 0.2) is 0 Å². The zero-order valence-corrected chi connectivity index (χ0v) is 9.28. The van der Waals surface area contributed by atoms with Gasteiger partial charge in [0.25, 0.3) is 0 Å². The Balaban J connectivity index is 2.00. The highest BCUT2D eigenvalue weighted by Crippen LogP contribution is 2.28. The van der Waals surface area contributed by atoms with E-state index < -0.39 is 0 Å². The minimum Gasteiger partial charge on any atom is -0.450 e. The molecule has 1 aliphatic carbocycles. The third kappa shape index (κ3) is 2.25. The Morgan fingerprint density at radius 3 is 3.07 bits per heavy atom. The molecule has 0 aromatic carbocycles. The van der Waals surface area contributed by atoms with Gasteiger partial charge in [0.1, 0.15) is 0 Å². The van der Waals surface area contributed by atoms with Gasteiger partial charge in [-0.15, -0.1) is 0 Å². The molecule has 2 rings (SSSR count). The van der Waals surface area contributed by atoms with Gasteiger partial charge in [0, 0.05) is 6.54 Å². The first-order valence-electron chi connectivity index (χ1n) is 5.88. The maximum atomic E-state index is 11.7. The van der Waals surface area contributed by atoms with Crippen molar-refractivity contribution in [2.45, 2.75) is 44.8 Å². The van der Waals surface area contributed by atoms with Crippen LogP contribution in [0.5, 0.6) is 0 Å². The summed E-state index contributed by atoms with van der Waals surface area (Å²) in [6, 6.07) is 0.256. The number of carbonyl (C=O) groups is 1. The standard InChI is InChI=1S/C11H19NO3/c1-2-14-11(13)12-7-8-15-10-6-4-3-5-9(10)12/h9-10H,2-8H2,1H3/t9-,10+/m0/s1. The predicted octanol–water partition coefficient (Wildman–Crippen LogP) is 1.79. The van der Waals surface area contributed by atoms with Crippen LogP contribution in [0.25, 0.3) is 0 Å². The monoisotopic (exact) mass is 213 g/mol. The highest BCUT2D eigenvalue weighted by atomic mass is 16.6. The fourth-order valence-electron chi connectivity index (χ4n) is 2.53. The highest BCUT2D eigenvalue weighted by Gasteiger charge is 2.37. The van der Waals surface area contributed by atoms with E-state index in [1.165, 1.54) is 12.8 Å². The van der Waals surface area contributed by atoms with Crippen LogP contribution in [-0.4, -0.2) is 42.9 Å². The van der Waals surface area contributed by atoms with Crippen LogP contribution in [0.3, 0.4) is 0 Å². The van der Waals surface area contributed by atoms with Gasteiger partial charge in [0.05, 0.1) is 25.4 Å². The molecule has 0 bridgehead atoms. The van der Waals surface area contributed by atoms with E-state index in [0.717, 1.165) is 12.8 Å². The number of morpholine rings is 1. The Morgan fingerprint density at radius 1 is 1.47 bits per heavy atom. The number of ether oxygens (including phenoxy) is 2. The first kappa shape index (κ1) is 10.7. The number of nitrogens with zero attached hydrogens (tertiary/aromatic N) is 1. The number of carbonyl (C=O) groups excluding carboxylic acids is 1. The topological polar surface area (TPSA) is 38.8 Å². The molecule has 2 atom stereocenters. The smallest absolute Gasteiger partial charge is 0.410 e. The van der Waals surface area contributed by atoms with E-state index in [1.54, 1.807) is 0 Å². The van der Waals surface area contributed by atoms with Gasteiger partial charge in [-0.3, -0.25) is 0 Å². The molecule has 0 aromatic rings. The fraction of sp³-hybridized carbons (Fsp3) is 0.909. The summed E-state index contributed by atoms with van der Waals surface area (Å²) in [5.41, 5.74) is 0. The predicted molar refractivity (Wildman–Crippen MR) is 55.7 cm³/mol. The normalized spacial score (nSPS) is 30.9. The van der Waals surface area contributed by atoms with Crippen molar-refractivity contribution in [2.75, 3.05) is 19.8 Å². The van der Waals surface area contributed by atoms with Crippen LogP contribution in [0, 0.1) is 0 Å². The Hall–Kier alpha value is -0.770. The highest BCUT2D eigenvalue weighted by molar-refractivity contribution is 5.68. The third-order valence-electron chi connectivity index (χ3n) is 3.23. The zero-order chi connectivity index (χ0) is 10.7. The number of amides is 1. The van der Waals surface area contributed by atoms with Crippen LogP contribution in [0.2, 0.25) is 0 Å². The summed E-state index contributed by atoms with van der Waals surface area (Å²) in [6.45, 7) is 3.63. The largest absolute Gasteiger partial charge is 0.450 e. The lowest BCUT2D eigenvalue weighted by atomic mass is 9.90. The molecule has 1 saturated heterocycles. The molecule has 0 radical (unpaired) electrons. The van der Waals surface area contributed by atoms with Gasteiger partial charge in [-0.2, -0.15) is 0 Å². The lowest BCUT2D eigenvalue weighted by Crippen LogP contribution is -2.54. The van der Waals surface area contributed by atoms with E-state index in [-0.39, 0.29) is 18.2 Å². The molecule has 86 valence electrons. The maximum Gasteiger partial charge on any atom is 0.410 e. The molecule has 1 heterocycles. The Bertz CT molecular complexity index is 230. The lowest BCUT2D eigenvalue weighted by Gasteiger charge is -2.42. The fourth-order valence-corrected chi connectivity index (χ4v) is 2.53. The summed E-state index contributed by atoms with van der Waals surface area (Å²) in [6.07, 6.45) is 4.64. The van der Waals surface area contributed by atoms with Crippen molar-refractivity contribution in [2.24, 2.45) is 0 Å². The SMILES string of the molecule is CCOC(=O)N1CCO[C@@H]2CCCC[C@@H]21. The minimum atomic E-state index is -0.169. The van der Waals surface area contributed by atoms with E-state index in [2.05, 4.69) is 0 Å². The Labute approximate surface area is 90.5 Å². The van der Waals surface area contributed by atoms with Gasteiger partial charge >= 0.3 is 6.09 Å². The van der Waals surface area contributed by atoms with Gasteiger partial charge in [0.2, 0.25) is 0 Å². The number of hydrogen-bond donors (Lipinski definition) is 0. The first-order valence-corrected chi connectivity index (χ1v) is 5.88.